The molecule has 7 heteroatoms. The molecule has 2 heterocycles. The molecular formula is C18H22ClN5O. The predicted octanol–water partition coefficient (Wildman–Crippen LogP) is 2.92. The van der Waals surface area contributed by atoms with Gasteiger partial charge in [0.25, 0.3) is 0 Å². The molecule has 0 bridgehead atoms. The van der Waals surface area contributed by atoms with Gasteiger partial charge in [0, 0.05) is 29.4 Å². The molecule has 3 N–H and O–H groups in total. The van der Waals surface area contributed by atoms with Crippen molar-refractivity contribution in [3.63, 3.8) is 0 Å². The van der Waals surface area contributed by atoms with Gasteiger partial charge in [0.15, 0.2) is 0 Å². The van der Waals surface area contributed by atoms with Crippen molar-refractivity contribution in [1.29, 1.82) is 0 Å². The second-order valence-corrected chi connectivity index (χ2v) is 6.78. The Morgan fingerprint density at radius 1 is 1.36 bits per heavy atom. The number of piperidine rings is 1. The summed E-state index contributed by atoms with van der Waals surface area (Å²) in [5.74, 6) is 0.540. The van der Waals surface area contributed by atoms with Crippen LogP contribution in [0.3, 0.4) is 0 Å². The van der Waals surface area contributed by atoms with Crippen molar-refractivity contribution in [1.82, 2.24) is 14.9 Å². The largest absolute Gasteiger partial charge is 0.368 e. The van der Waals surface area contributed by atoms with Crippen LogP contribution < -0.4 is 11.1 Å². The summed E-state index contributed by atoms with van der Waals surface area (Å²) in [6.45, 7) is 3.61. The van der Waals surface area contributed by atoms with Gasteiger partial charge in [-0.15, -0.1) is 0 Å². The summed E-state index contributed by atoms with van der Waals surface area (Å²) >= 11 is 5.88. The van der Waals surface area contributed by atoms with Crippen LogP contribution in [0.15, 0.2) is 36.5 Å². The quantitative estimate of drug-likeness (QED) is 0.876. The van der Waals surface area contributed by atoms with E-state index in [1.165, 1.54) is 0 Å². The summed E-state index contributed by atoms with van der Waals surface area (Å²) in [7, 11) is 0. The summed E-state index contributed by atoms with van der Waals surface area (Å²) in [4.78, 5) is 23.0. The molecule has 2 atom stereocenters. The van der Waals surface area contributed by atoms with E-state index >= 15 is 0 Å². The number of likely N-dealkylation sites (tertiary alicyclic amines) is 1. The van der Waals surface area contributed by atoms with Crippen LogP contribution in [0, 0.1) is 0 Å². The van der Waals surface area contributed by atoms with Crippen molar-refractivity contribution in [2.75, 3.05) is 24.1 Å². The zero-order valence-corrected chi connectivity index (χ0v) is 14.9. The second kappa shape index (κ2) is 7.80. The molecule has 0 unspecified atom stereocenters. The van der Waals surface area contributed by atoms with E-state index in [4.69, 9.17) is 17.3 Å². The first-order valence-electron chi connectivity index (χ1n) is 8.42. The fourth-order valence-corrected chi connectivity index (χ4v) is 3.29. The summed E-state index contributed by atoms with van der Waals surface area (Å²) in [6, 6.07) is 8.81. The zero-order chi connectivity index (χ0) is 17.8. The molecule has 1 fully saturated rings. The monoisotopic (exact) mass is 359 g/mol. The maximum absolute atomic E-state index is 12.6. The van der Waals surface area contributed by atoms with Gasteiger partial charge in [-0.3, -0.25) is 9.69 Å². The van der Waals surface area contributed by atoms with Gasteiger partial charge in [-0.05, 0) is 56.6 Å². The number of halogens is 1. The van der Waals surface area contributed by atoms with Gasteiger partial charge in [-0.25, -0.2) is 9.97 Å². The fraction of sp³-hybridized carbons (Fsp3) is 0.389. The van der Waals surface area contributed by atoms with Gasteiger partial charge < -0.3 is 11.1 Å². The van der Waals surface area contributed by atoms with Crippen LogP contribution in [0.5, 0.6) is 0 Å². The Morgan fingerprint density at radius 2 is 2.12 bits per heavy atom. The molecule has 0 aliphatic carbocycles. The van der Waals surface area contributed by atoms with Crippen molar-refractivity contribution in [3.05, 3.63) is 47.2 Å². The van der Waals surface area contributed by atoms with Gasteiger partial charge in [0.2, 0.25) is 11.9 Å². The highest BCUT2D eigenvalue weighted by atomic mass is 35.5. The van der Waals surface area contributed by atoms with Gasteiger partial charge >= 0.3 is 0 Å². The molecule has 1 aromatic heterocycles. The minimum atomic E-state index is -0.224. The average Bonchev–Trinajstić information content (AvgIpc) is 2.63. The third kappa shape index (κ3) is 4.46. The van der Waals surface area contributed by atoms with Crippen LogP contribution in [0.2, 0.25) is 5.02 Å². The van der Waals surface area contributed by atoms with Gasteiger partial charge in [0.05, 0.1) is 11.7 Å². The molecule has 0 radical (unpaired) electrons. The van der Waals surface area contributed by atoms with E-state index in [2.05, 4.69) is 20.2 Å². The van der Waals surface area contributed by atoms with Gasteiger partial charge in [0.1, 0.15) is 0 Å². The number of hydrogen-bond donors (Lipinski definition) is 2. The van der Waals surface area contributed by atoms with Crippen LogP contribution in [0.1, 0.15) is 31.4 Å². The molecule has 1 aliphatic heterocycles. The van der Waals surface area contributed by atoms with Crippen molar-refractivity contribution >= 4 is 29.1 Å². The summed E-state index contributed by atoms with van der Waals surface area (Å²) < 4.78 is 0. The smallest absolute Gasteiger partial charge is 0.241 e. The van der Waals surface area contributed by atoms with E-state index in [0.717, 1.165) is 37.3 Å². The lowest BCUT2D eigenvalue weighted by atomic mass is 9.93. The lowest BCUT2D eigenvalue weighted by molar-refractivity contribution is -0.121. The van der Waals surface area contributed by atoms with Crippen LogP contribution >= 0.6 is 11.6 Å². The molecule has 0 saturated carbocycles. The Morgan fingerprint density at radius 3 is 2.84 bits per heavy atom. The lowest BCUT2D eigenvalue weighted by Crippen LogP contribution is -2.46. The molecule has 1 aromatic carbocycles. The average molecular weight is 360 g/mol. The maximum Gasteiger partial charge on any atom is 0.241 e. The van der Waals surface area contributed by atoms with E-state index in [9.17, 15) is 4.79 Å². The highest BCUT2D eigenvalue weighted by molar-refractivity contribution is 6.30. The molecule has 6 nitrogen and oxygen atoms in total. The second-order valence-electron chi connectivity index (χ2n) is 6.35. The van der Waals surface area contributed by atoms with Gasteiger partial charge in [-0.1, -0.05) is 11.6 Å². The maximum atomic E-state index is 12.6. The number of benzene rings is 1. The molecule has 1 amide bonds. The van der Waals surface area contributed by atoms with E-state index in [-0.39, 0.29) is 17.9 Å². The first-order valence-corrected chi connectivity index (χ1v) is 8.79. The number of rotatable bonds is 4. The first kappa shape index (κ1) is 17.6. The summed E-state index contributed by atoms with van der Waals surface area (Å²) in [5.41, 5.74) is 7.39. The predicted molar refractivity (Wildman–Crippen MR) is 99.5 cm³/mol. The number of carbonyl (C=O) groups is 1. The Balaban J connectivity index is 1.63. The van der Waals surface area contributed by atoms with E-state index in [0.29, 0.717) is 11.0 Å². The SMILES string of the molecule is C[C@H](C(=O)Nc1ccc(Cl)cc1)N1CCC[C@@H](c2ccnc(N)n2)C1. The zero-order valence-electron chi connectivity index (χ0n) is 14.2. The number of nitrogens with two attached hydrogens (primary N) is 1. The molecule has 1 aliphatic rings. The van der Waals surface area contributed by atoms with Crippen molar-refractivity contribution in [2.24, 2.45) is 0 Å². The molecule has 132 valence electrons. The molecule has 2 aromatic rings. The van der Waals surface area contributed by atoms with Crippen molar-refractivity contribution < 1.29 is 4.79 Å². The summed E-state index contributed by atoms with van der Waals surface area (Å²) in [5, 5.41) is 3.59. The van der Waals surface area contributed by atoms with Crippen LogP contribution in [-0.2, 0) is 4.79 Å². The number of aromatic nitrogens is 2. The molecule has 3 rings (SSSR count). The Kier molecular flexibility index (Phi) is 5.50. The van der Waals surface area contributed by atoms with E-state index in [1.54, 1.807) is 30.5 Å². The Hall–Kier alpha value is -2.18. The topological polar surface area (TPSA) is 84.1 Å². The Labute approximate surface area is 152 Å². The van der Waals surface area contributed by atoms with Crippen LogP contribution in [-0.4, -0.2) is 39.9 Å². The first-order chi connectivity index (χ1) is 12.0. The number of nitrogens with zero attached hydrogens (tertiary/aromatic N) is 3. The Bertz CT molecular complexity index is 737. The highest BCUT2D eigenvalue weighted by Gasteiger charge is 2.28. The number of amides is 1. The van der Waals surface area contributed by atoms with Crippen LogP contribution in [0.25, 0.3) is 0 Å². The molecule has 1 saturated heterocycles. The molecule has 0 spiro atoms. The third-order valence-corrected chi connectivity index (χ3v) is 4.86. The number of nitrogens with one attached hydrogen (secondary N) is 1. The fourth-order valence-electron chi connectivity index (χ4n) is 3.16. The minimum Gasteiger partial charge on any atom is -0.368 e. The number of hydrogen-bond acceptors (Lipinski definition) is 5. The van der Waals surface area contributed by atoms with Gasteiger partial charge in [-0.2, -0.15) is 0 Å². The normalized spacial score (nSPS) is 19.4. The lowest BCUT2D eigenvalue weighted by Gasteiger charge is -2.35. The molecular weight excluding hydrogens is 338 g/mol. The van der Waals surface area contributed by atoms with Crippen LogP contribution in [0.4, 0.5) is 11.6 Å². The number of nitrogen functional groups attached to an aromatic ring is 1. The van der Waals surface area contributed by atoms with Crippen molar-refractivity contribution in [3.8, 4) is 0 Å². The number of carbonyl (C=O) groups excluding carboxylic acids is 1. The number of anilines is 2. The standard InChI is InChI=1S/C18H22ClN5O/c1-12(17(25)22-15-6-4-14(19)5-7-15)24-10-2-3-13(11-24)16-8-9-21-18(20)23-16/h4-9,12-13H,2-3,10-11H2,1H3,(H,22,25)(H2,20,21,23)/t12-,13-/m1/s1. The minimum absolute atomic E-state index is 0.0230. The van der Waals surface area contributed by atoms with E-state index < -0.39 is 0 Å². The summed E-state index contributed by atoms with van der Waals surface area (Å²) in [6.07, 6.45) is 3.75. The van der Waals surface area contributed by atoms with E-state index in [1.807, 2.05) is 13.0 Å². The third-order valence-electron chi connectivity index (χ3n) is 4.61. The molecule has 25 heavy (non-hydrogen) atoms. The van der Waals surface area contributed by atoms with Crippen molar-refractivity contribution in [2.45, 2.75) is 31.7 Å². The highest BCUT2D eigenvalue weighted by Crippen LogP contribution is 2.27.